The molecule has 0 amide bonds. The van der Waals surface area contributed by atoms with Gasteiger partial charge in [0, 0.05) is 34.8 Å². The van der Waals surface area contributed by atoms with E-state index in [4.69, 9.17) is 0 Å². The van der Waals surface area contributed by atoms with Crippen molar-refractivity contribution in [2.45, 2.75) is 26.8 Å². The standard InChI is InChI=1S/C19H19NO/c1-3-12-20-13-17(16-10-6-7-11-18(16)20)19(21)15-9-5-4-8-14(15)2/h4-11,13H,3,12H2,1-2H3. The van der Waals surface area contributed by atoms with Gasteiger partial charge in [-0.15, -0.1) is 0 Å². The molecule has 106 valence electrons. The Morgan fingerprint density at radius 3 is 2.48 bits per heavy atom. The van der Waals surface area contributed by atoms with Crippen LogP contribution in [-0.4, -0.2) is 10.4 Å². The Bertz CT molecular complexity index is 798. The van der Waals surface area contributed by atoms with Crippen molar-refractivity contribution in [3.05, 3.63) is 71.4 Å². The molecular formula is C19H19NO. The van der Waals surface area contributed by atoms with Gasteiger partial charge in [0.05, 0.1) is 0 Å². The van der Waals surface area contributed by atoms with Gasteiger partial charge in [-0.05, 0) is 25.0 Å². The summed E-state index contributed by atoms with van der Waals surface area (Å²) in [5.74, 6) is 0.110. The van der Waals surface area contributed by atoms with Crippen molar-refractivity contribution in [1.29, 1.82) is 0 Å². The molecule has 1 heterocycles. The van der Waals surface area contributed by atoms with E-state index in [0.717, 1.165) is 40.6 Å². The third kappa shape index (κ3) is 2.38. The minimum atomic E-state index is 0.110. The lowest BCUT2D eigenvalue weighted by molar-refractivity contribution is 0.103. The third-order valence-electron chi connectivity index (χ3n) is 3.89. The van der Waals surface area contributed by atoms with Crippen LogP contribution in [-0.2, 0) is 6.54 Å². The quantitative estimate of drug-likeness (QED) is 0.639. The smallest absolute Gasteiger partial charge is 0.195 e. The number of fused-ring (bicyclic) bond motifs is 1. The minimum absolute atomic E-state index is 0.110. The number of aryl methyl sites for hydroxylation is 2. The lowest BCUT2D eigenvalue weighted by atomic mass is 9.99. The summed E-state index contributed by atoms with van der Waals surface area (Å²) < 4.78 is 2.18. The lowest BCUT2D eigenvalue weighted by Crippen LogP contribution is -2.03. The zero-order valence-corrected chi connectivity index (χ0v) is 12.5. The number of carbonyl (C=O) groups is 1. The molecule has 0 aliphatic heterocycles. The molecule has 0 N–H and O–H groups in total. The Kier molecular flexibility index (Phi) is 3.61. The van der Waals surface area contributed by atoms with Gasteiger partial charge in [-0.2, -0.15) is 0 Å². The van der Waals surface area contributed by atoms with E-state index < -0.39 is 0 Å². The second-order valence-electron chi connectivity index (χ2n) is 5.40. The summed E-state index contributed by atoms with van der Waals surface area (Å²) in [6, 6.07) is 15.9. The van der Waals surface area contributed by atoms with Crippen LogP contribution in [0.15, 0.2) is 54.7 Å². The maximum Gasteiger partial charge on any atom is 0.195 e. The van der Waals surface area contributed by atoms with Gasteiger partial charge in [0.1, 0.15) is 0 Å². The van der Waals surface area contributed by atoms with E-state index in [9.17, 15) is 4.79 Å². The molecule has 2 nitrogen and oxygen atoms in total. The number of para-hydroxylation sites is 1. The van der Waals surface area contributed by atoms with Crippen molar-refractivity contribution < 1.29 is 4.79 Å². The second kappa shape index (κ2) is 5.57. The highest BCUT2D eigenvalue weighted by Crippen LogP contribution is 2.25. The molecular weight excluding hydrogens is 258 g/mol. The molecule has 0 fully saturated rings. The summed E-state index contributed by atoms with van der Waals surface area (Å²) in [7, 11) is 0. The maximum absolute atomic E-state index is 12.9. The first-order valence-corrected chi connectivity index (χ1v) is 7.40. The first-order chi connectivity index (χ1) is 10.2. The first kappa shape index (κ1) is 13.6. The van der Waals surface area contributed by atoms with Crippen molar-refractivity contribution in [2.24, 2.45) is 0 Å². The van der Waals surface area contributed by atoms with E-state index >= 15 is 0 Å². The zero-order valence-electron chi connectivity index (χ0n) is 12.5. The largest absolute Gasteiger partial charge is 0.347 e. The SMILES string of the molecule is CCCn1cc(C(=O)c2ccccc2C)c2ccccc21. The zero-order chi connectivity index (χ0) is 14.8. The molecule has 3 rings (SSSR count). The predicted octanol–water partition coefficient (Wildman–Crippen LogP) is 4.59. The molecule has 3 aromatic rings. The summed E-state index contributed by atoms with van der Waals surface area (Å²) in [5, 5.41) is 1.04. The second-order valence-corrected chi connectivity index (χ2v) is 5.40. The summed E-state index contributed by atoms with van der Waals surface area (Å²) >= 11 is 0. The van der Waals surface area contributed by atoms with Gasteiger partial charge in [-0.25, -0.2) is 0 Å². The number of benzene rings is 2. The van der Waals surface area contributed by atoms with Gasteiger partial charge in [0.2, 0.25) is 0 Å². The molecule has 21 heavy (non-hydrogen) atoms. The van der Waals surface area contributed by atoms with E-state index in [1.807, 2.05) is 55.6 Å². The average molecular weight is 277 g/mol. The molecule has 1 aromatic heterocycles. The fourth-order valence-corrected chi connectivity index (χ4v) is 2.83. The number of carbonyl (C=O) groups excluding carboxylic acids is 1. The monoisotopic (exact) mass is 277 g/mol. The highest BCUT2D eigenvalue weighted by Gasteiger charge is 2.17. The first-order valence-electron chi connectivity index (χ1n) is 7.40. The molecule has 0 aliphatic carbocycles. The van der Waals surface area contributed by atoms with Crippen LogP contribution >= 0.6 is 0 Å². The van der Waals surface area contributed by atoms with Crippen LogP contribution in [0, 0.1) is 6.92 Å². The molecule has 0 saturated heterocycles. The molecule has 0 spiro atoms. The van der Waals surface area contributed by atoms with Crippen LogP contribution in [0.1, 0.15) is 34.8 Å². The minimum Gasteiger partial charge on any atom is -0.347 e. The van der Waals surface area contributed by atoms with Crippen molar-refractivity contribution in [3.8, 4) is 0 Å². The number of nitrogens with zero attached hydrogens (tertiary/aromatic N) is 1. The number of ketones is 1. The Morgan fingerprint density at radius 2 is 1.71 bits per heavy atom. The van der Waals surface area contributed by atoms with E-state index in [2.05, 4.69) is 17.6 Å². The Hall–Kier alpha value is -2.35. The molecule has 0 radical (unpaired) electrons. The van der Waals surface area contributed by atoms with Gasteiger partial charge in [0.15, 0.2) is 5.78 Å². The van der Waals surface area contributed by atoms with Gasteiger partial charge in [0.25, 0.3) is 0 Å². The fourth-order valence-electron chi connectivity index (χ4n) is 2.83. The van der Waals surface area contributed by atoms with Crippen LogP contribution < -0.4 is 0 Å². The molecule has 2 aromatic carbocycles. The van der Waals surface area contributed by atoms with Gasteiger partial charge < -0.3 is 4.57 Å². The maximum atomic E-state index is 12.9. The van der Waals surface area contributed by atoms with Crippen molar-refractivity contribution >= 4 is 16.7 Å². The van der Waals surface area contributed by atoms with Crippen molar-refractivity contribution in [3.63, 3.8) is 0 Å². The summed E-state index contributed by atoms with van der Waals surface area (Å²) in [6.45, 7) is 5.07. The lowest BCUT2D eigenvalue weighted by Gasteiger charge is -2.03. The summed E-state index contributed by atoms with van der Waals surface area (Å²) in [6.07, 6.45) is 3.06. The van der Waals surface area contributed by atoms with E-state index in [-0.39, 0.29) is 5.78 Å². The molecule has 0 aliphatic rings. The number of hydrogen-bond donors (Lipinski definition) is 0. The summed E-state index contributed by atoms with van der Waals surface area (Å²) in [4.78, 5) is 12.9. The van der Waals surface area contributed by atoms with Crippen LogP contribution in [0.3, 0.4) is 0 Å². The topological polar surface area (TPSA) is 22.0 Å². The molecule has 0 unspecified atom stereocenters. The molecule has 0 atom stereocenters. The Balaban J connectivity index is 2.17. The molecule has 0 bridgehead atoms. The summed E-state index contributed by atoms with van der Waals surface area (Å²) in [5.41, 5.74) is 3.75. The highest BCUT2D eigenvalue weighted by atomic mass is 16.1. The highest BCUT2D eigenvalue weighted by molar-refractivity contribution is 6.17. The number of hydrogen-bond acceptors (Lipinski definition) is 1. The van der Waals surface area contributed by atoms with E-state index in [1.54, 1.807) is 0 Å². The van der Waals surface area contributed by atoms with E-state index in [0.29, 0.717) is 0 Å². The van der Waals surface area contributed by atoms with E-state index in [1.165, 1.54) is 0 Å². The van der Waals surface area contributed by atoms with Gasteiger partial charge in [-0.1, -0.05) is 49.4 Å². The Labute approximate surface area is 125 Å². The normalized spacial score (nSPS) is 11.0. The molecule has 0 saturated carbocycles. The Morgan fingerprint density at radius 1 is 1.00 bits per heavy atom. The fraction of sp³-hybridized carbons (Fsp3) is 0.211. The van der Waals surface area contributed by atoms with Gasteiger partial charge in [-0.3, -0.25) is 4.79 Å². The van der Waals surface area contributed by atoms with Crippen molar-refractivity contribution in [1.82, 2.24) is 4.57 Å². The average Bonchev–Trinajstić information content (AvgIpc) is 2.87. The van der Waals surface area contributed by atoms with Crippen LogP contribution in [0.25, 0.3) is 10.9 Å². The van der Waals surface area contributed by atoms with Gasteiger partial charge >= 0.3 is 0 Å². The van der Waals surface area contributed by atoms with Crippen LogP contribution in [0.4, 0.5) is 0 Å². The molecule has 2 heteroatoms. The predicted molar refractivity (Wildman–Crippen MR) is 86.8 cm³/mol. The third-order valence-corrected chi connectivity index (χ3v) is 3.89. The number of rotatable bonds is 4. The van der Waals surface area contributed by atoms with Crippen molar-refractivity contribution in [2.75, 3.05) is 0 Å². The number of aromatic nitrogens is 1. The van der Waals surface area contributed by atoms with Crippen LogP contribution in [0.5, 0.6) is 0 Å². The van der Waals surface area contributed by atoms with Crippen LogP contribution in [0.2, 0.25) is 0 Å².